The van der Waals surface area contributed by atoms with Crippen LogP contribution in [-0.2, 0) is 17.6 Å². The summed E-state index contributed by atoms with van der Waals surface area (Å²) in [5, 5.41) is 3.21. The molecular weight excluding hydrogens is 226 g/mol. The van der Waals surface area contributed by atoms with Crippen LogP contribution in [0.4, 0.5) is 5.82 Å². The largest absolute Gasteiger partial charge is 0.373 e. The molecule has 18 heavy (non-hydrogen) atoms. The van der Waals surface area contributed by atoms with E-state index in [0.717, 1.165) is 24.5 Å². The van der Waals surface area contributed by atoms with Crippen LogP contribution in [0.5, 0.6) is 0 Å². The highest BCUT2D eigenvalue weighted by Crippen LogP contribution is 2.29. The Morgan fingerprint density at radius 1 is 1.17 bits per heavy atom. The van der Waals surface area contributed by atoms with Gasteiger partial charge in [0, 0.05) is 25.4 Å². The van der Waals surface area contributed by atoms with Gasteiger partial charge >= 0.3 is 0 Å². The number of aromatic nitrogens is 2. The number of nitrogens with zero attached hydrogens (tertiary/aromatic N) is 2. The molecule has 0 bridgehead atoms. The standard InChI is InChI=1S/C14H23N3O/c1-9(2)12(18-4)14-16-11-8-6-5-7-10(11)13(15-3)17-14/h9,12H,5-8H2,1-4H3,(H,15,16,17). The van der Waals surface area contributed by atoms with E-state index in [2.05, 4.69) is 24.1 Å². The van der Waals surface area contributed by atoms with E-state index in [-0.39, 0.29) is 6.10 Å². The molecule has 1 N–H and O–H groups in total. The summed E-state index contributed by atoms with van der Waals surface area (Å²) >= 11 is 0. The molecule has 1 atom stereocenters. The number of anilines is 1. The minimum atomic E-state index is -0.0238. The monoisotopic (exact) mass is 249 g/mol. The van der Waals surface area contributed by atoms with E-state index in [4.69, 9.17) is 9.72 Å². The molecule has 1 aromatic heterocycles. The summed E-state index contributed by atoms with van der Waals surface area (Å²) in [7, 11) is 3.66. The van der Waals surface area contributed by atoms with E-state index in [1.165, 1.54) is 24.1 Å². The Bertz CT molecular complexity index is 400. The maximum atomic E-state index is 5.54. The van der Waals surface area contributed by atoms with Crippen LogP contribution in [0.1, 0.15) is 49.9 Å². The average molecular weight is 249 g/mol. The highest BCUT2D eigenvalue weighted by molar-refractivity contribution is 5.47. The van der Waals surface area contributed by atoms with Crippen LogP contribution in [0.25, 0.3) is 0 Å². The maximum absolute atomic E-state index is 5.54. The molecule has 1 aliphatic rings. The van der Waals surface area contributed by atoms with Gasteiger partial charge in [-0.2, -0.15) is 0 Å². The number of hydrogen-bond acceptors (Lipinski definition) is 4. The maximum Gasteiger partial charge on any atom is 0.159 e. The third-order valence-electron chi connectivity index (χ3n) is 3.55. The molecule has 0 saturated carbocycles. The van der Waals surface area contributed by atoms with E-state index in [9.17, 15) is 0 Å². The van der Waals surface area contributed by atoms with Crippen LogP contribution in [0.2, 0.25) is 0 Å². The van der Waals surface area contributed by atoms with Crippen LogP contribution >= 0.6 is 0 Å². The van der Waals surface area contributed by atoms with Gasteiger partial charge in [0.2, 0.25) is 0 Å². The van der Waals surface area contributed by atoms with Gasteiger partial charge in [0.15, 0.2) is 5.82 Å². The summed E-state index contributed by atoms with van der Waals surface area (Å²) in [6.45, 7) is 4.27. The van der Waals surface area contributed by atoms with Crippen molar-refractivity contribution in [1.82, 2.24) is 9.97 Å². The number of ether oxygens (including phenoxy) is 1. The predicted octanol–water partition coefficient (Wildman–Crippen LogP) is 2.74. The molecule has 4 nitrogen and oxygen atoms in total. The van der Waals surface area contributed by atoms with E-state index in [1.807, 2.05) is 7.05 Å². The molecule has 4 heteroatoms. The molecule has 0 aromatic carbocycles. The summed E-state index contributed by atoms with van der Waals surface area (Å²) in [6.07, 6.45) is 4.59. The molecule has 0 saturated heterocycles. The molecule has 0 radical (unpaired) electrons. The van der Waals surface area contributed by atoms with Crippen molar-refractivity contribution >= 4 is 5.82 Å². The molecule has 1 heterocycles. The Hall–Kier alpha value is -1.16. The second kappa shape index (κ2) is 5.65. The molecule has 1 unspecified atom stereocenters. The third kappa shape index (κ3) is 2.48. The van der Waals surface area contributed by atoms with Crippen LogP contribution in [0.15, 0.2) is 0 Å². The molecule has 0 amide bonds. The van der Waals surface area contributed by atoms with Gasteiger partial charge in [-0.25, -0.2) is 9.97 Å². The van der Waals surface area contributed by atoms with Crippen LogP contribution in [0.3, 0.4) is 0 Å². The molecule has 1 aromatic rings. The molecule has 0 spiro atoms. The molecule has 0 fully saturated rings. The fourth-order valence-corrected chi connectivity index (χ4v) is 2.62. The van der Waals surface area contributed by atoms with E-state index >= 15 is 0 Å². The van der Waals surface area contributed by atoms with Gasteiger partial charge in [0.25, 0.3) is 0 Å². The molecular formula is C14H23N3O. The van der Waals surface area contributed by atoms with Gasteiger partial charge in [-0.15, -0.1) is 0 Å². The first-order valence-electron chi connectivity index (χ1n) is 6.77. The van der Waals surface area contributed by atoms with Gasteiger partial charge in [-0.1, -0.05) is 13.8 Å². The lowest BCUT2D eigenvalue weighted by Crippen LogP contribution is -2.18. The lowest BCUT2D eigenvalue weighted by atomic mass is 9.95. The Morgan fingerprint density at radius 3 is 2.50 bits per heavy atom. The van der Waals surface area contributed by atoms with E-state index in [1.54, 1.807) is 7.11 Å². The van der Waals surface area contributed by atoms with Gasteiger partial charge < -0.3 is 10.1 Å². The molecule has 1 aliphatic carbocycles. The number of fused-ring (bicyclic) bond motifs is 1. The number of nitrogens with one attached hydrogen (secondary N) is 1. The van der Waals surface area contributed by atoms with Crippen molar-refractivity contribution in [2.45, 2.75) is 45.6 Å². The van der Waals surface area contributed by atoms with E-state index < -0.39 is 0 Å². The van der Waals surface area contributed by atoms with Gasteiger partial charge in [-0.05, 0) is 31.6 Å². The van der Waals surface area contributed by atoms with Crippen LogP contribution < -0.4 is 5.32 Å². The lowest BCUT2D eigenvalue weighted by molar-refractivity contribution is 0.0573. The fraction of sp³-hybridized carbons (Fsp3) is 0.714. The SMILES string of the molecule is CNc1nc(C(OC)C(C)C)nc2c1CCCC2. The summed E-state index contributed by atoms with van der Waals surface area (Å²) in [5.74, 6) is 2.18. The highest BCUT2D eigenvalue weighted by Gasteiger charge is 2.23. The zero-order chi connectivity index (χ0) is 13.1. The van der Waals surface area contributed by atoms with Crippen molar-refractivity contribution in [3.05, 3.63) is 17.1 Å². The zero-order valence-electron chi connectivity index (χ0n) is 11.8. The second-order valence-electron chi connectivity index (χ2n) is 5.21. The number of aryl methyl sites for hydroxylation is 1. The Labute approximate surface area is 109 Å². The minimum absolute atomic E-state index is 0.0238. The first kappa shape index (κ1) is 13.3. The summed E-state index contributed by atoms with van der Waals surface area (Å²) in [6, 6.07) is 0. The fourth-order valence-electron chi connectivity index (χ4n) is 2.62. The lowest BCUT2D eigenvalue weighted by Gasteiger charge is -2.23. The number of rotatable bonds is 4. The number of methoxy groups -OCH3 is 1. The predicted molar refractivity (Wildman–Crippen MR) is 72.8 cm³/mol. The van der Waals surface area contributed by atoms with Crippen molar-refractivity contribution in [3.8, 4) is 0 Å². The first-order valence-corrected chi connectivity index (χ1v) is 6.77. The topological polar surface area (TPSA) is 47.0 Å². The van der Waals surface area contributed by atoms with Crippen molar-refractivity contribution in [3.63, 3.8) is 0 Å². The minimum Gasteiger partial charge on any atom is -0.373 e. The van der Waals surface area contributed by atoms with Crippen molar-refractivity contribution in [2.75, 3.05) is 19.5 Å². The average Bonchev–Trinajstić information content (AvgIpc) is 2.38. The highest BCUT2D eigenvalue weighted by atomic mass is 16.5. The third-order valence-corrected chi connectivity index (χ3v) is 3.55. The normalized spacial score (nSPS) is 16.5. The molecule has 100 valence electrons. The second-order valence-corrected chi connectivity index (χ2v) is 5.21. The van der Waals surface area contributed by atoms with E-state index in [0.29, 0.717) is 5.92 Å². The van der Waals surface area contributed by atoms with Crippen molar-refractivity contribution < 1.29 is 4.74 Å². The van der Waals surface area contributed by atoms with Crippen molar-refractivity contribution in [1.29, 1.82) is 0 Å². The zero-order valence-corrected chi connectivity index (χ0v) is 11.8. The Morgan fingerprint density at radius 2 is 1.89 bits per heavy atom. The van der Waals surface area contributed by atoms with Gasteiger partial charge in [-0.3, -0.25) is 0 Å². The summed E-state index contributed by atoms with van der Waals surface area (Å²) < 4.78 is 5.54. The van der Waals surface area contributed by atoms with Gasteiger partial charge in [0.05, 0.1) is 0 Å². The quantitative estimate of drug-likeness (QED) is 0.891. The smallest absolute Gasteiger partial charge is 0.159 e. The molecule has 0 aliphatic heterocycles. The van der Waals surface area contributed by atoms with Gasteiger partial charge in [0.1, 0.15) is 11.9 Å². The van der Waals surface area contributed by atoms with Crippen LogP contribution in [0, 0.1) is 5.92 Å². The number of hydrogen-bond donors (Lipinski definition) is 1. The summed E-state index contributed by atoms with van der Waals surface area (Å²) in [5.41, 5.74) is 2.50. The first-order chi connectivity index (χ1) is 8.67. The van der Waals surface area contributed by atoms with Crippen molar-refractivity contribution in [2.24, 2.45) is 5.92 Å². The molecule has 2 rings (SSSR count). The Kier molecular flexibility index (Phi) is 4.17. The summed E-state index contributed by atoms with van der Waals surface area (Å²) in [4.78, 5) is 9.39. The van der Waals surface area contributed by atoms with Crippen LogP contribution in [-0.4, -0.2) is 24.1 Å². The Balaban J connectivity index is 2.43.